The van der Waals surface area contributed by atoms with Crippen LogP contribution in [0.25, 0.3) is 21.8 Å². The minimum atomic E-state index is -4.59. The first-order chi connectivity index (χ1) is 17.0. The van der Waals surface area contributed by atoms with Crippen molar-refractivity contribution < 1.29 is 31.9 Å². The number of alkyl halides is 3. The molecule has 4 heterocycles. The second-order valence-corrected chi connectivity index (χ2v) is 8.01. The highest BCUT2D eigenvalue weighted by Crippen LogP contribution is 2.31. The summed E-state index contributed by atoms with van der Waals surface area (Å²) in [5.74, 6) is -1.72. The van der Waals surface area contributed by atoms with E-state index in [9.17, 15) is 22.8 Å². The van der Waals surface area contributed by atoms with E-state index in [1.807, 2.05) is 0 Å². The molecule has 10 nitrogen and oxygen atoms in total. The molecule has 0 unspecified atom stereocenters. The Labute approximate surface area is 199 Å². The van der Waals surface area contributed by atoms with Crippen LogP contribution in [0.4, 0.5) is 28.2 Å². The number of nitrogens with zero attached hydrogens (tertiary/aromatic N) is 6. The lowest BCUT2D eigenvalue weighted by atomic mass is 10.1. The van der Waals surface area contributed by atoms with Crippen molar-refractivity contribution in [3.63, 3.8) is 0 Å². The van der Waals surface area contributed by atoms with Crippen LogP contribution < -0.4 is 5.73 Å². The van der Waals surface area contributed by atoms with Crippen LogP contribution in [0, 0.1) is 5.82 Å². The van der Waals surface area contributed by atoms with Crippen molar-refractivity contribution in [3.05, 3.63) is 59.3 Å². The zero-order chi connectivity index (χ0) is 25.8. The highest BCUT2D eigenvalue weighted by atomic mass is 19.4. The first-order valence-corrected chi connectivity index (χ1v) is 10.5. The summed E-state index contributed by atoms with van der Waals surface area (Å²) in [6.45, 7) is -0.461. The average molecular weight is 503 g/mol. The van der Waals surface area contributed by atoms with Gasteiger partial charge in [0.15, 0.2) is 0 Å². The molecule has 0 atom stereocenters. The minimum Gasteiger partial charge on any atom is -0.446 e. The molecule has 0 spiro atoms. The number of cyclic esters (lactones) is 1. The Bertz CT molecular complexity index is 1520. The van der Waals surface area contributed by atoms with Crippen molar-refractivity contribution in [2.24, 2.45) is 7.05 Å². The van der Waals surface area contributed by atoms with Gasteiger partial charge in [-0.1, -0.05) is 0 Å². The lowest BCUT2D eigenvalue weighted by molar-refractivity contribution is -0.137. The molecular formula is C22H17F4N7O3. The third kappa shape index (κ3) is 3.89. The fraction of sp³-hybridized carbons (Fsp3) is 0.227. The number of hydrazine groups is 1. The number of aromatic nitrogens is 4. The molecule has 2 N–H and O–H groups in total. The quantitative estimate of drug-likeness (QED) is 0.425. The number of nitrogen functional groups attached to an aromatic ring is 1. The number of hydrogen-bond donors (Lipinski definition) is 1. The summed E-state index contributed by atoms with van der Waals surface area (Å²) in [5, 5.41) is 6.87. The molecule has 14 heteroatoms. The largest absolute Gasteiger partial charge is 0.446 e. The number of aryl methyl sites for hydroxylation is 1. The van der Waals surface area contributed by atoms with E-state index in [-0.39, 0.29) is 30.2 Å². The van der Waals surface area contributed by atoms with Gasteiger partial charge in [-0.15, -0.1) is 0 Å². The van der Waals surface area contributed by atoms with E-state index in [4.69, 9.17) is 10.5 Å². The Morgan fingerprint density at radius 2 is 2.00 bits per heavy atom. The Balaban J connectivity index is 1.58. The maximum Gasteiger partial charge on any atom is 0.429 e. The van der Waals surface area contributed by atoms with E-state index in [1.165, 1.54) is 16.9 Å². The molecule has 1 aromatic carbocycles. The summed E-state index contributed by atoms with van der Waals surface area (Å²) in [5.41, 5.74) is 5.33. The summed E-state index contributed by atoms with van der Waals surface area (Å²) in [6, 6.07) is 4.20. The van der Waals surface area contributed by atoms with Crippen molar-refractivity contribution in [3.8, 4) is 0 Å². The number of hydrogen-bond acceptors (Lipinski definition) is 7. The summed E-state index contributed by atoms with van der Waals surface area (Å²) in [4.78, 5) is 33.8. The first kappa shape index (κ1) is 23.3. The lowest BCUT2D eigenvalue weighted by Gasteiger charge is -2.29. The van der Waals surface area contributed by atoms with Gasteiger partial charge < -0.3 is 10.5 Å². The molecule has 186 valence electrons. The first-order valence-electron chi connectivity index (χ1n) is 10.5. The number of fused-ring (bicyclic) bond motifs is 3. The van der Waals surface area contributed by atoms with E-state index in [0.29, 0.717) is 22.5 Å². The Hall–Kier alpha value is -4.49. The Morgan fingerprint density at radius 3 is 2.64 bits per heavy atom. The van der Waals surface area contributed by atoms with Crippen molar-refractivity contribution in [2.45, 2.75) is 12.7 Å². The topological polar surface area (TPSA) is 119 Å². The number of anilines is 1. The van der Waals surface area contributed by atoms with Crippen LogP contribution in [0.3, 0.4) is 0 Å². The highest BCUT2D eigenvalue weighted by molar-refractivity contribution is 6.10. The van der Waals surface area contributed by atoms with Gasteiger partial charge in [0.2, 0.25) is 0 Å². The number of halogens is 4. The second kappa shape index (κ2) is 8.32. The van der Waals surface area contributed by atoms with Crippen molar-refractivity contribution in [2.75, 3.05) is 18.9 Å². The molecule has 1 saturated heterocycles. The number of carbonyl (C=O) groups excluding carboxylic acids is 2. The maximum absolute atomic E-state index is 15.2. The van der Waals surface area contributed by atoms with Crippen molar-refractivity contribution >= 4 is 39.6 Å². The van der Waals surface area contributed by atoms with Crippen LogP contribution in [0.5, 0.6) is 0 Å². The molecule has 3 aromatic heterocycles. The number of nitrogens with two attached hydrogens (primary N) is 1. The summed E-state index contributed by atoms with van der Waals surface area (Å²) in [7, 11) is 1.65. The van der Waals surface area contributed by atoms with Gasteiger partial charge in [-0.25, -0.2) is 24.2 Å². The minimum absolute atomic E-state index is 0.0233. The van der Waals surface area contributed by atoms with E-state index >= 15 is 4.39 Å². The number of benzene rings is 1. The summed E-state index contributed by atoms with van der Waals surface area (Å²) >= 11 is 0. The molecule has 36 heavy (non-hydrogen) atoms. The fourth-order valence-corrected chi connectivity index (χ4v) is 3.99. The molecule has 4 aromatic rings. The SMILES string of the molecule is Cn1ncc2c(N)nc3cc(F)c(C(=O)N(Cc4ccc(C(F)(F)F)cn4)N4CCOC4=O)cc3c21. The van der Waals surface area contributed by atoms with Crippen LogP contribution in [0.1, 0.15) is 21.6 Å². The molecule has 1 fully saturated rings. The average Bonchev–Trinajstić information content (AvgIpc) is 3.42. The second-order valence-electron chi connectivity index (χ2n) is 8.01. The van der Waals surface area contributed by atoms with Crippen LogP contribution in [0.2, 0.25) is 0 Å². The van der Waals surface area contributed by atoms with E-state index in [1.54, 1.807) is 7.05 Å². The smallest absolute Gasteiger partial charge is 0.429 e. The third-order valence-electron chi connectivity index (χ3n) is 5.76. The van der Waals surface area contributed by atoms with Crippen molar-refractivity contribution in [1.29, 1.82) is 0 Å². The predicted octanol–water partition coefficient (Wildman–Crippen LogP) is 3.27. The van der Waals surface area contributed by atoms with E-state index in [0.717, 1.165) is 28.2 Å². The molecule has 0 saturated carbocycles. The van der Waals surface area contributed by atoms with Gasteiger partial charge in [-0.05, 0) is 18.2 Å². The van der Waals surface area contributed by atoms with Crippen LogP contribution in [-0.4, -0.2) is 54.9 Å². The maximum atomic E-state index is 15.2. The van der Waals surface area contributed by atoms with E-state index in [2.05, 4.69) is 15.1 Å². The number of rotatable bonds is 4. The van der Waals surface area contributed by atoms with Gasteiger partial charge in [0.25, 0.3) is 5.91 Å². The lowest BCUT2D eigenvalue weighted by Crippen LogP contribution is -2.47. The molecule has 0 aliphatic carbocycles. The van der Waals surface area contributed by atoms with Gasteiger partial charge in [-0.3, -0.25) is 14.5 Å². The predicted molar refractivity (Wildman–Crippen MR) is 118 cm³/mol. The molecule has 0 radical (unpaired) electrons. The molecule has 0 bridgehead atoms. The Morgan fingerprint density at radius 1 is 1.22 bits per heavy atom. The third-order valence-corrected chi connectivity index (χ3v) is 5.76. The van der Waals surface area contributed by atoms with Gasteiger partial charge in [0.05, 0.1) is 52.5 Å². The zero-order valence-corrected chi connectivity index (χ0v) is 18.6. The summed E-state index contributed by atoms with van der Waals surface area (Å²) < 4.78 is 60.3. The molecule has 1 aliphatic heterocycles. The van der Waals surface area contributed by atoms with Crippen LogP contribution in [0.15, 0.2) is 36.7 Å². The standard InChI is InChI=1S/C22H17F4N7O3/c1-31-18-14-6-13(16(23)7-17(14)30-19(27)15(18)9-29-31)20(34)33(32-4-5-36-21(32)35)10-12-3-2-11(8-28-12)22(24,25)26/h2-3,6-9H,4-5,10H2,1H3,(H2,27,30). The molecule has 1 aliphatic rings. The van der Waals surface area contributed by atoms with Crippen molar-refractivity contribution in [1.82, 2.24) is 29.8 Å². The summed E-state index contributed by atoms with van der Waals surface area (Å²) in [6.07, 6.45) is -3.35. The monoisotopic (exact) mass is 503 g/mol. The van der Waals surface area contributed by atoms with E-state index < -0.39 is 41.7 Å². The molecule has 5 rings (SSSR count). The van der Waals surface area contributed by atoms with Gasteiger partial charge in [-0.2, -0.15) is 18.3 Å². The highest BCUT2D eigenvalue weighted by Gasteiger charge is 2.35. The van der Waals surface area contributed by atoms with Gasteiger partial charge in [0, 0.05) is 24.7 Å². The van der Waals surface area contributed by atoms with Gasteiger partial charge >= 0.3 is 12.3 Å². The normalized spacial score (nSPS) is 14.0. The molecule has 2 amide bonds. The number of pyridine rings is 2. The van der Waals surface area contributed by atoms with Crippen LogP contribution in [-0.2, 0) is 24.5 Å². The fourth-order valence-electron chi connectivity index (χ4n) is 3.99. The zero-order valence-electron chi connectivity index (χ0n) is 18.6. The Kier molecular flexibility index (Phi) is 5.38. The van der Waals surface area contributed by atoms with Crippen LogP contribution >= 0.6 is 0 Å². The number of carbonyl (C=O) groups is 2. The van der Waals surface area contributed by atoms with Gasteiger partial charge in [0.1, 0.15) is 18.2 Å². The number of amides is 2. The molecular weight excluding hydrogens is 486 g/mol. The number of ether oxygens (including phenoxy) is 1.